The Morgan fingerprint density at radius 1 is 0.509 bits per heavy atom. The number of unbranched alkanes of at least 4 members (excludes halogenated alkanes) is 9. The first-order valence-corrected chi connectivity index (χ1v) is 35.7. The van der Waals surface area contributed by atoms with E-state index in [4.69, 9.17) is 28.4 Å². The molecule has 0 saturated heterocycles. The molecule has 8 rings (SSSR count). The van der Waals surface area contributed by atoms with Crippen LogP contribution in [0.25, 0.3) is 0 Å². The fourth-order valence-electron chi connectivity index (χ4n) is 11.7. The second kappa shape index (κ2) is 48.4. The summed E-state index contributed by atoms with van der Waals surface area (Å²) >= 11 is 0. The molecule has 0 saturated carbocycles. The van der Waals surface area contributed by atoms with Gasteiger partial charge in [0.2, 0.25) is 0 Å². The average molecular weight is 1590 g/mol. The summed E-state index contributed by atoms with van der Waals surface area (Å²) in [7, 11) is 1.68. The number of hydrogen-bond donors (Lipinski definition) is 2. The molecule has 0 aromatic heterocycles. The number of halogens is 10. The molecular weight excluding hydrogens is 1490 g/mol. The molecule has 2 aliphatic heterocycles. The van der Waals surface area contributed by atoms with Crippen LogP contribution in [0.4, 0.5) is 55.3 Å². The predicted octanol–water partition coefficient (Wildman–Crippen LogP) is 22.1. The molecule has 13 nitrogen and oxygen atoms in total. The molecule has 24 heteroatoms. The van der Waals surface area contributed by atoms with E-state index in [0.29, 0.717) is 70.7 Å². The number of hydrogen-bond acceptors (Lipinski definition) is 13. The topological polar surface area (TPSA) is 146 Å². The van der Waals surface area contributed by atoms with E-state index in [-0.39, 0.29) is 102 Å². The number of fused-ring (bicyclic) bond motifs is 2. The maximum absolute atomic E-state index is 13.1. The van der Waals surface area contributed by atoms with Gasteiger partial charge in [-0.05, 0) is 137 Å². The number of carbonyl (C=O) groups is 2. The molecule has 0 aliphatic carbocycles. The Kier molecular flexibility index (Phi) is 42.1. The van der Waals surface area contributed by atoms with Gasteiger partial charge in [-0.2, -0.15) is 43.9 Å². The molecule has 106 heavy (non-hydrogen) atoms. The number of aromatic hydroxyl groups is 2. The summed E-state index contributed by atoms with van der Waals surface area (Å²) in [5, 5.41) is 19.6. The molecule has 2 N–H and O–H groups in total. The number of phenolic OH excluding ortho intramolecular Hbond substituents is 2. The second-order valence-electron chi connectivity index (χ2n) is 25.3. The number of nitrogens with zero attached hydrogens (tertiary/aromatic N) is 2. The molecule has 2 aliphatic rings. The minimum absolute atomic E-state index is 0. The van der Waals surface area contributed by atoms with E-state index in [0.717, 1.165) is 104 Å². The van der Waals surface area contributed by atoms with Crippen molar-refractivity contribution in [2.45, 2.75) is 186 Å². The van der Waals surface area contributed by atoms with Crippen molar-refractivity contribution in [1.29, 1.82) is 0 Å². The number of alkyl halides is 10. The second-order valence-corrected chi connectivity index (χ2v) is 25.3. The molecule has 0 spiro atoms. The van der Waals surface area contributed by atoms with Crippen LogP contribution in [-0.2, 0) is 57.4 Å². The first-order valence-electron chi connectivity index (χ1n) is 35.7. The molecule has 0 radical (unpaired) electrons. The molecule has 0 amide bonds. The molecule has 0 fully saturated rings. The maximum atomic E-state index is 13.1. The molecule has 4 atom stereocenters. The number of ether oxygens (including phenoxy) is 7. The Bertz CT molecular complexity index is 3420. The number of benzene rings is 6. The normalized spacial score (nSPS) is 14.4. The maximum Gasteiger partial charge on any atom is 0.453 e. The third-order valence-electron chi connectivity index (χ3n) is 17.5. The van der Waals surface area contributed by atoms with Crippen LogP contribution in [0.1, 0.15) is 171 Å². The van der Waals surface area contributed by atoms with Gasteiger partial charge < -0.3 is 60.6 Å². The van der Waals surface area contributed by atoms with E-state index in [1.807, 2.05) is 91.9 Å². The van der Waals surface area contributed by atoms with Crippen molar-refractivity contribution in [3.63, 3.8) is 0 Å². The molecule has 2 heterocycles. The zero-order valence-electron chi connectivity index (χ0n) is 61.4. The monoisotopic (exact) mass is 1590 g/mol. The van der Waals surface area contributed by atoms with Gasteiger partial charge in [0.25, 0.3) is 0 Å². The molecular formula is C82H105F10N2O11Pd-. The summed E-state index contributed by atoms with van der Waals surface area (Å²) in [6.07, 6.45) is -1.84. The van der Waals surface area contributed by atoms with Crippen LogP contribution in [0, 0.1) is 19.3 Å². The third-order valence-corrected chi connectivity index (χ3v) is 17.5. The van der Waals surface area contributed by atoms with Crippen LogP contribution in [0.15, 0.2) is 171 Å². The summed E-state index contributed by atoms with van der Waals surface area (Å²) in [6, 6.07) is 46.9. The summed E-state index contributed by atoms with van der Waals surface area (Å²) in [5.74, 6) is -7.39. The zero-order valence-corrected chi connectivity index (χ0v) is 62.9. The largest absolute Gasteiger partial charge is 0.508 e. The van der Waals surface area contributed by atoms with Crippen molar-refractivity contribution in [2.24, 2.45) is 11.8 Å². The van der Waals surface area contributed by atoms with Gasteiger partial charge in [0.15, 0.2) is 0 Å². The van der Waals surface area contributed by atoms with Crippen molar-refractivity contribution < 1.29 is 117 Å². The fourth-order valence-corrected chi connectivity index (χ4v) is 11.7. The van der Waals surface area contributed by atoms with Gasteiger partial charge in [-0.1, -0.05) is 155 Å². The Hall–Kier alpha value is -7.94. The van der Waals surface area contributed by atoms with Crippen LogP contribution in [-0.4, -0.2) is 99.6 Å². The summed E-state index contributed by atoms with van der Waals surface area (Å²) in [4.78, 5) is 28.5. The van der Waals surface area contributed by atoms with E-state index < -0.39 is 48.9 Å². The molecule has 2 unspecified atom stereocenters. The van der Waals surface area contributed by atoms with Crippen molar-refractivity contribution in [1.82, 2.24) is 0 Å². The summed E-state index contributed by atoms with van der Waals surface area (Å²) in [5.41, 5.74) is 6.43. The SMILES string of the molecule is C=CCC(CCCCCC(F)(F)C(F)(F)F)C(=O)OCC.C=CCN1c2ccc(OCc3ccccc3)cc2OC[C@H]1c1ccc(OCc2ccccc2)cc1.CCOC.CCOC(=O)C(CCCCCCCCN1c2ccc(O)cc2OC[C@H]1c1ccc(O)cc1)CCCCCC(F)(F)C(F)(F)F.[CH3-].[Pd]. The predicted molar refractivity (Wildman–Crippen MR) is 392 cm³/mol. The molecule has 6 aromatic rings. The molecule has 0 bridgehead atoms. The molecule has 6 aromatic carbocycles. The number of allylic oxidation sites excluding steroid dienone is 1. The number of esters is 2. The number of carbonyl (C=O) groups excluding carboxylic acids is 2. The first-order chi connectivity index (χ1) is 49.8. The number of anilines is 2. The van der Waals surface area contributed by atoms with E-state index in [1.165, 1.54) is 5.56 Å². The number of phenols is 2. The van der Waals surface area contributed by atoms with Crippen LogP contribution >= 0.6 is 0 Å². The standard InChI is InChI=1S/C33H44F5NO5.C31H29NO3.C14H21F5O2.C3H8O.CH3.Pd/c1-2-43-31(42)25(13-9-7-10-20-32(34,35)33(36,37)38)12-8-5-3-4-6-11-21-39-28-19-18-27(41)22-30(28)44-23-29(39)24-14-16-26(40)17-15-24;1-2-19-32-29-18-17-28(34-22-25-11-7-4-8-12-25)20-31(29)35-23-30(32)26-13-15-27(16-14-26)33-21-24-9-5-3-6-10-24;1-3-8-11(12(20)21-4-2)9-6-5-7-10-13(15,16)14(17,18)19;1-3-4-2;;/h14-19,22,25,29,40-41H,2-13,20-21,23H2,1H3;2-18,20,30H,1,19,21-23H2;3,11H,1,4-10H2,2H3;3H2,1-2H3;1H3;/q;;;;-1;/t25?,29-;30-;;;;/m00..../s1. The van der Waals surface area contributed by atoms with Gasteiger partial charge in [0.05, 0.1) is 48.5 Å². The van der Waals surface area contributed by atoms with E-state index in [2.05, 4.69) is 70.2 Å². The van der Waals surface area contributed by atoms with Crippen molar-refractivity contribution in [3.05, 3.63) is 201 Å². The van der Waals surface area contributed by atoms with E-state index in [1.54, 1.807) is 51.3 Å². The Morgan fingerprint density at radius 2 is 0.915 bits per heavy atom. The summed E-state index contributed by atoms with van der Waals surface area (Å²) in [6.45, 7) is 17.7. The Labute approximate surface area is 633 Å². The van der Waals surface area contributed by atoms with Gasteiger partial charge in [0.1, 0.15) is 60.9 Å². The van der Waals surface area contributed by atoms with Gasteiger partial charge in [0, 0.05) is 72.2 Å². The quantitative estimate of drug-likeness (QED) is 0.00948. The smallest absolute Gasteiger partial charge is 0.453 e. The van der Waals surface area contributed by atoms with Gasteiger partial charge >= 0.3 is 36.1 Å². The van der Waals surface area contributed by atoms with Crippen LogP contribution in [0.5, 0.6) is 34.5 Å². The summed E-state index contributed by atoms with van der Waals surface area (Å²) < 4.78 is 163. The third kappa shape index (κ3) is 31.5. The Morgan fingerprint density at radius 3 is 1.40 bits per heavy atom. The fraction of sp³-hybridized carbons (Fsp3) is 0.476. The average Bonchev–Trinajstić information content (AvgIpc) is 0.788. The number of rotatable bonds is 38. The van der Waals surface area contributed by atoms with Crippen molar-refractivity contribution in [2.75, 3.05) is 63.0 Å². The first kappa shape index (κ1) is 92.3. The zero-order chi connectivity index (χ0) is 76.0. The van der Waals surface area contributed by atoms with E-state index >= 15 is 0 Å². The minimum atomic E-state index is -5.53. The molecule has 590 valence electrons. The van der Waals surface area contributed by atoms with Crippen molar-refractivity contribution >= 4 is 23.3 Å². The van der Waals surface area contributed by atoms with Crippen LogP contribution in [0.3, 0.4) is 0 Å². The Balaban J connectivity index is 0.000000420. The minimum Gasteiger partial charge on any atom is -0.508 e. The van der Waals surface area contributed by atoms with Gasteiger partial charge in [-0.3, -0.25) is 9.59 Å². The van der Waals surface area contributed by atoms with E-state index in [9.17, 15) is 63.7 Å². The van der Waals surface area contributed by atoms with Crippen LogP contribution < -0.4 is 28.7 Å². The number of methoxy groups -OCH3 is 1. The van der Waals surface area contributed by atoms with Crippen molar-refractivity contribution in [3.8, 4) is 34.5 Å². The van der Waals surface area contributed by atoms with Crippen LogP contribution in [0.2, 0.25) is 0 Å². The van der Waals surface area contributed by atoms with Gasteiger partial charge in [-0.15, -0.1) is 13.2 Å². The van der Waals surface area contributed by atoms with Gasteiger partial charge in [-0.25, -0.2) is 0 Å².